The van der Waals surface area contributed by atoms with Gasteiger partial charge in [0.15, 0.2) is 0 Å². The van der Waals surface area contributed by atoms with Crippen molar-refractivity contribution in [2.75, 3.05) is 6.54 Å². The number of H-pyrrole nitrogens is 1. The molecule has 2 atom stereocenters. The van der Waals surface area contributed by atoms with Gasteiger partial charge in [-0.2, -0.15) is 0 Å². The summed E-state index contributed by atoms with van der Waals surface area (Å²) in [6, 6.07) is 4.69. The highest BCUT2D eigenvalue weighted by Crippen LogP contribution is 2.32. The largest absolute Gasteiger partial charge is 0.466 e. The lowest BCUT2D eigenvalue weighted by Gasteiger charge is -2.27. The summed E-state index contributed by atoms with van der Waals surface area (Å²) >= 11 is 0. The molecule has 0 amide bonds. The van der Waals surface area contributed by atoms with Crippen LogP contribution in [0.2, 0.25) is 0 Å². The standard InChI is InChI=1S/C18H22N4O.ClH.H2O/c1-10-6-13(4-5-19-10)18-20-9-17-16(22-18)8-15(21-17)14-7-11(2)23-12(14)3;;/h7-10,13,19H,4-6H2,1-3H3,(H,20,22);1H;1H2. The molecule has 1 saturated heterocycles. The van der Waals surface area contributed by atoms with E-state index in [1.54, 1.807) is 0 Å². The Morgan fingerprint density at radius 3 is 2.68 bits per heavy atom. The van der Waals surface area contributed by atoms with E-state index in [2.05, 4.69) is 28.3 Å². The van der Waals surface area contributed by atoms with Crippen LogP contribution in [-0.2, 0) is 0 Å². The predicted octanol–water partition coefficient (Wildman–Crippen LogP) is 3.24. The minimum atomic E-state index is 0. The molecule has 7 heteroatoms. The molecule has 0 bridgehead atoms. The molecule has 4 heterocycles. The number of piperidine rings is 1. The number of nitrogens with zero attached hydrogens (tertiary/aromatic N) is 2. The third kappa shape index (κ3) is 3.71. The van der Waals surface area contributed by atoms with E-state index in [1.807, 2.05) is 26.1 Å². The number of aromatic amines is 1. The van der Waals surface area contributed by atoms with Gasteiger partial charge in [-0.15, -0.1) is 12.4 Å². The van der Waals surface area contributed by atoms with Crippen LogP contribution >= 0.6 is 12.4 Å². The second-order valence-electron chi connectivity index (χ2n) is 6.61. The third-order valence-corrected chi connectivity index (χ3v) is 4.71. The Morgan fingerprint density at radius 2 is 2.00 bits per heavy atom. The Labute approximate surface area is 153 Å². The van der Waals surface area contributed by atoms with Crippen molar-refractivity contribution < 1.29 is 9.89 Å². The molecule has 0 aromatic carbocycles. The van der Waals surface area contributed by atoms with Crippen LogP contribution in [-0.4, -0.2) is 33.0 Å². The molecule has 1 aromatic heterocycles. The normalized spacial score (nSPS) is 20.1. The Hall–Kier alpha value is -1.89. The monoisotopic (exact) mass is 364 g/mol. The van der Waals surface area contributed by atoms with E-state index in [0.717, 1.165) is 59.4 Å². The van der Waals surface area contributed by atoms with Gasteiger partial charge in [-0.3, -0.25) is 0 Å². The van der Waals surface area contributed by atoms with Crippen molar-refractivity contribution in [2.24, 2.45) is 0 Å². The first-order valence-corrected chi connectivity index (χ1v) is 8.26. The van der Waals surface area contributed by atoms with Gasteiger partial charge in [-0.25, -0.2) is 9.97 Å². The molecule has 3 aliphatic heterocycles. The number of halogens is 1. The van der Waals surface area contributed by atoms with E-state index in [4.69, 9.17) is 9.40 Å². The molecule has 1 fully saturated rings. The van der Waals surface area contributed by atoms with Gasteiger partial charge in [0, 0.05) is 17.5 Å². The first-order valence-electron chi connectivity index (χ1n) is 8.26. The summed E-state index contributed by atoms with van der Waals surface area (Å²) in [6.07, 6.45) is 4.13. The lowest BCUT2D eigenvalue weighted by Crippen LogP contribution is -2.35. The van der Waals surface area contributed by atoms with Crippen molar-refractivity contribution in [3.63, 3.8) is 0 Å². The quantitative estimate of drug-likeness (QED) is 0.729. The second kappa shape index (κ2) is 7.56. The zero-order valence-corrected chi connectivity index (χ0v) is 15.5. The average Bonchev–Trinajstić information content (AvgIpc) is 3.09. The summed E-state index contributed by atoms with van der Waals surface area (Å²) in [7, 11) is 0. The number of hydrogen-bond donors (Lipinski definition) is 2. The van der Waals surface area contributed by atoms with Crippen molar-refractivity contribution in [2.45, 2.75) is 45.6 Å². The van der Waals surface area contributed by atoms with Gasteiger partial charge >= 0.3 is 0 Å². The van der Waals surface area contributed by atoms with Gasteiger partial charge < -0.3 is 20.2 Å². The molecule has 3 aliphatic rings. The molecular formula is C18H25ClN4O2. The number of nitrogens with one attached hydrogen (secondary N) is 2. The van der Waals surface area contributed by atoms with Gasteiger partial charge in [0.1, 0.15) is 23.0 Å². The number of aromatic nitrogens is 3. The lowest BCUT2D eigenvalue weighted by molar-refractivity contribution is 0.371. The van der Waals surface area contributed by atoms with Crippen LogP contribution in [0.5, 0.6) is 0 Å². The van der Waals surface area contributed by atoms with Crippen molar-refractivity contribution in [3.05, 3.63) is 35.7 Å². The topological polar surface area (TPSA) is 98.2 Å². The van der Waals surface area contributed by atoms with Crippen molar-refractivity contribution >= 4 is 12.4 Å². The molecule has 136 valence electrons. The van der Waals surface area contributed by atoms with Crippen LogP contribution < -0.4 is 5.32 Å². The first kappa shape index (κ1) is 19.4. The van der Waals surface area contributed by atoms with E-state index in [1.165, 1.54) is 0 Å². The van der Waals surface area contributed by atoms with Gasteiger partial charge in [0.25, 0.3) is 0 Å². The number of fused-ring (bicyclic) bond motifs is 1. The highest BCUT2D eigenvalue weighted by atomic mass is 35.5. The molecule has 0 saturated carbocycles. The molecule has 2 unspecified atom stereocenters. The van der Waals surface area contributed by atoms with Gasteiger partial charge in [0.2, 0.25) is 0 Å². The molecule has 4 N–H and O–H groups in total. The summed E-state index contributed by atoms with van der Waals surface area (Å²) in [5.74, 6) is 3.39. The minimum Gasteiger partial charge on any atom is -0.466 e. The minimum absolute atomic E-state index is 0. The summed E-state index contributed by atoms with van der Waals surface area (Å²) in [5, 5.41) is 3.49. The van der Waals surface area contributed by atoms with Crippen LogP contribution in [0.25, 0.3) is 22.6 Å². The molecule has 0 radical (unpaired) electrons. The van der Waals surface area contributed by atoms with E-state index < -0.39 is 0 Å². The van der Waals surface area contributed by atoms with Crippen molar-refractivity contribution in [1.29, 1.82) is 0 Å². The van der Waals surface area contributed by atoms with Crippen LogP contribution in [0.3, 0.4) is 0 Å². The number of furan rings is 1. The lowest BCUT2D eigenvalue weighted by atomic mass is 9.92. The molecule has 25 heavy (non-hydrogen) atoms. The Bertz CT molecular complexity index is 813. The molecule has 1 aromatic rings. The maximum Gasteiger partial charge on any atom is 0.110 e. The third-order valence-electron chi connectivity index (χ3n) is 4.71. The maximum absolute atomic E-state index is 5.62. The summed E-state index contributed by atoms with van der Waals surface area (Å²) in [4.78, 5) is 12.8. The van der Waals surface area contributed by atoms with Crippen LogP contribution in [0.4, 0.5) is 0 Å². The van der Waals surface area contributed by atoms with Gasteiger partial charge in [-0.05, 0) is 52.3 Å². The molecule has 4 rings (SSSR count). The van der Waals surface area contributed by atoms with Crippen molar-refractivity contribution in [3.8, 4) is 22.6 Å². The number of rotatable bonds is 2. The van der Waals surface area contributed by atoms with Crippen LogP contribution in [0.1, 0.15) is 43.0 Å². The Morgan fingerprint density at radius 1 is 1.20 bits per heavy atom. The highest BCUT2D eigenvalue weighted by molar-refractivity contribution is 5.85. The summed E-state index contributed by atoms with van der Waals surface area (Å²) < 4.78 is 5.62. The average molecular weight is 365 g/mol. The second-order valence-corrected chi connectivity index (χ2v) is 6.61. The fourth-order valence-electron chi connectivity index (χ4n) is 3.54. The van der Waals surface area contributed by atoms with Crippen LogP contribution in [0.15, 0.2) is 22.7 Å². The van der Waals surface area contributed by atoms with Crippen molar-refractivity contribution in [1.82, 2.24) is 20.3 Å². The zero-order valence-electron chi connectivity index (χ0n) is 14.7. The molecule has 0 aliphatic carbocycles. The van der Waals surface area contributed by atoms with E-state index >= 15 is 0 Å². The molecular weight excluding hydrogens is 340 g/mol. The van der Waals surface area contributed by atoms with Gasteiger partial charge in [0.05, 0.1) is 17.6 Å². The number of hydrogen-bond acceptors (Lipinski definition) is 4. The summed E-state index contributed by atoms with van der Waals surface area (Å²) in [6.45, 7) is 7.23. The Balaban J connectivity index is 0.00000113. The first-order chi connectivity index (χ1) is 11.1. The molecule has 0 spiro atoms. The predicted molar refractivity (Wildman–Crippen MR) is 100 cm³/mol. The Kier molecular flexibility index (Phi) is 5.87. The maximum atomic E-state index is 5.62. The van der Waals surface area contributed by atoms with E-state index in [0.29, 0.717) is 12.0 Å². The number of aryl methyl sites for hydroxylation is 2. The summed E-state index contributed by atoms with van der Waals surface area (Å²) in [5.41, 5.74) is 3.96. The zero-order chi connectivity index (χ0) is 16.0. The van der Waals surface area contributed by atoms with Crippen LogP contribution in [0, 0.1) is 13.8 Å². The van der Waals surface area contributed by atoms with E-state index in [-0.39, 0.29) is 17.9 Å². The fourth-order valence-corrected chi connectivity index (χ4v) is 3.54. The van der Waals surface area contributed by atoms with E-state index in [9.17, 15) is 0 Å². The molecule has 6 nitrogen and oxygen atoms in total. The SMILES string of the molecule is Cc1cc(-c2cc3[nH]c(C4CCNC(C)C4)ncc-3n2)c(C)o1.Cl.O. The smallest absolute Gasteiger partial charge is 0.110 e. The van der Waals surface area contributed by atoms with Gasteiger partial charge in [-0.1, -0.05) is 0 Å². The fraction of sp³-hybridized carbons (Fsp3) is 0.444. The highest BCUT2D eigenvalue weighted by Gasteiger charge is 2.23.